The molecular weight excluding hydrogens is 184 g/mol. The van der Waals surface area contributed by atoms with E-state index in [1.165, 1.54) is 0 Å². The molecule has 0 aromatic carbocycles. The van der Waals surface area contributed by atoms with Crippen molar-refractivity contribution in [1.29, 1.82) is 0 Å². The minimum atomic E-state index is -0.848. The number of carboxylic acids is 1. The van der Waals surface area contributed by atoms with Crippen LogP contribution in [0, 0.1) is 5.92 Å². The summed E-state index contributed by atoms with van der Waals surface area (Å²) in [6.45, 7) is 3.79. The molecule has 2 unspecified atom stereocenters. The van der Waals surface area contributed by atoms with E-state index in [-0.39, 0.29) is 5.91 Å². The lowest BCUT2D eigenvalue weighted by Gasteiger charge is -2.11. The van der Waals surface area contributed by atoms with Gasteiger partial charge in [-0.15, -0.1) is 0 Å². The molecular formula is C9H18N2O3. The summed E-state index contributed by atoms with van der Waals surface area (Å²) >= 11 is 0. The van der Waals surface area contributed by atoms with Crippen molar-refractivity contribution in [1.82, 2.24) is 5.32 Å². The third-order valence-corrected chi connectivity index (χ3v) is 2.07. The Bertz CT molecular complexity index is 206. The fourth-order valence-electron chi connectivity index (χ4n) is 0.852. The molecule has 5 nitrogen and oxygen atoms in total. The molecule has 0 aromatic heterocycles. The van der Waals surface area contributed by atoms with E-state index in [2.05, 4.69) is 5.32 Å². The molecule has 1 amide bonds. The van der Waals surface area contributed by atoms with Crippen molar-refractivity contribution in [3.05, 3.63) is 0 Å². The summed E-state index contributed by atoms with van der Waals surface area (Å²) in [5.74, 6) is -1.50. The van der Waals surface area contributed by atoms with Gasteiger partial charge in [-0.3, -0.25) is 9.59 Å². The fraction of sp³-hybridized carbons (Fsp3) is 0.778. The molecule has 0 radical (unpaired) electrons. The molecule has 0 saturated heterocycles. The maximum absolute atomic E-state index is 11.1. The van der Waals surface area contributed by atoms with Crippen LogP contribution in [0.5, 0.6) is 0 Å². The van der Waals surface area contributed by atoms with Crippen LogP contribution in [0.2, 0.25) is 0 Å². The van der Waals surface area contributed by atoms with Crippen LogP contribution in [-0.2, 0) is 9.59 Å². The average Bonchev–Trinajstić information content (AvgIpc) is 2.15. The molecule has 0 aliphatic carbocycles. The molecule has 82 valence electrons. The number of carbonyl (C=O) groups is 2. The van der Waals surface area contributed by atoms with Crippen molar-refractivity contribution in [2.24, 2.45) is 11.7 Å². The Morgan fingerprint density at radius 3 is 2.50 bits per heavy atom. The van der Waals surface area contributed by atoms with Crippen LogP contribution >= 0.6 is 0 Å². The summed E-state index contributed by atoms with van der Waals surface area (Å²) in [4.78, 5) is 21.6. The van der Waals surface area contributed by atoms with Crippen molar-refractivity contribution >= 4 is 11.9 Å². The molecule has 0 heterocycles. The molecule has 0 bridgehead atoms. The zero-order chi connectivity index (χ0) is 11.1. The number of amides is 1. The van der Waals surface area contributed by atoms with Gasteiger partial charge in [-0.1, -0.05) is 13.8 Å². The van der Waals surface area contributed by atoms with Crippen molar-refractivity contribution in [3.8, 4) is 0 Å². The maximum atomic E-state index is 11.1. The highest BCUT2D eigenvalue weighted by molar-refractivity contribution is 5.81. The minimum absolute atomic E-state index is 0.218. The highest BCUT2D eigenvalue weighted by Gasteiger charge is 2.13. The first-order valence-electron chi connectivity index (χ1n) is 4.75. The number of nitrogens with one attached hydrogen (secondary N) is 1. The Hall–Kier alpha value is -1.10. The Morgan fingerprint density at radius 1 is 1.50 bits per heavy atom. The zero-order valence-corrected chi connectivity index (χ0v) is 8.62. The van der Waals surface area contributed by atoms with Gasteiger partial charge < -0.3 is 16.2 Å². The Kier molecular flexibility index (Phi) is 5.87. The first kappa shape index (κ1) is 12.9. The van der Waals surface area contributed by atoms with E-state index < -0.39 is 17.9 Å². The molecule has 0 saturated carbocycles. The van der Waals surface area contributed by atoms with Gasteiger partial charge in [0.1, 0.15) is 0 Å². The molecule has 2 atom stereocenters. The van der Waals surface area contributed by atoms with Crippen molar-refractivity contribution in [2.75, 3.05) is 6.54 Å². The second-order valence-corrected chi connectivity index (χ2v) is 3.33. The van der Waals surface area contributed by atoms with Gasteiger partial charge in [0.2, 0.25) is 5.91 Å². The SMILES string of the molecule is CCC(N)C(=O)NCCC(C)C(=O)O. The second kappa shape index (κ2) is 6.37. The van der Waals surface area contributed by atoms with Gasteiger partial charge >= 0.3 is 5.97 Å². The highest BCUT2D eigenvalue weighted by Crippen LogP contribution is 1.99. The summed E-state index contributed by atoms with van der Waals surface area (Å²) < 4.78 is 0. The lowest BCUT2D eigenvalue weighted by Crippen LogP contribution is -2.40. The predicted molar refractivity (Wildman–Crippen MR) is 52.7 cm³/mol. The summed E-state index contributed by atoms with van der Waals surface area (Å²) in [5.41, 5.74) is 5.46. The van der Waals surface area contributed by atoms with E-state index in [0.29, 0.717) is 19.4 Å². The Morgan fingerprint density at radius 2 is 2.07 bits per heavy atom. The molecule has 14 heavy (non-hydrogen) atoms. The Labute approximate surface area is 83.7 Å². The van der Waals surface area contributed by atoms with Gasteiger partial charge in [0.25, 0.3) is 0 Å². The first-order valence-corrected chi connectivity index (χ1v) is 4.75. The van der Waals surface area contributed by atoms with Crippen LogP contribution in [0.15, 0.2) is 0 Å². The summed E-state index contributed by atoms with van der Waals surface area (Å²) in [7, 11) is 0. The number of rotatable bonds is 6. The van der Waals surface area contributed by atoms with Gasteiger partial charge in [0.15, 0.2) is 0 Å². The maximum Gasteiger partial charge on any atom is 0.306 e. The number of carboxylic acid groups (broad SMARTS) is 1. The Balaban J connectivity index is 3.64. The van der Waals surface area contributed by atoms with Gasteiger partial charge in [0.05, 0.1) is 12.0 Å². The number of hydrogen-bond donors (Lipinski definition) is 3. The average molecular weight is 202 g/mol. The van der Waals surface area contributed by atoms with Gasteiger partial charge in [-0.25, -0.2) is 0 Å². The van der Waals surface area contributed by atoms with Crippen LogP contribution in [0.1, 0.15) is 26.7 Å². The quantitative estimate of drug-likeness (QED) is 0.563. The number of hydrogen-bond acceptors (Lipinski definition) is 3. The smallest absolute Gasteiger partial charge is 0.306 e. The molecule has 0 fully saturated rings. The molecule has 5 heteroatoms. The minimum Gasteiger partial charge on any atom is -0.481 e. The van der Waals surface area contributed by atoms with Crippen molar-refractivity contribution in [2.45, 2.75) is 32.7 Å². The molecule has 0 aliphatic rings. The van der Waals surface area contributed by atoms with Gasteiger partial charge in [-0.2, -0.15) is 0 Å². The fourth-order valence-corrected chi connectivity index (χ4v) is 0.852. The van der Waals surface area contributed by atoms with Crippen LogP contribution in [0.4, 0.5) is 0 Å². The van der Waals surface area contributed by atoms with E-state index in [0.717, 1.165) is 0 Å². The lowest BCUT2D eigenvalue weighted by molar-refractivity contribution is -0.141. The van der Waals surface area contributed by atoms with E-state index >= 15 is 0 Å². The summed E-state index contributed by atoms with van der Waals surface area (Å²) in [6.07, 6.45) is 1.01. The monoisotopic (exact) mass is 202 g/mol. The summed E-state index contributed by atoms with van der Waals surface area (Å²) in [6, 6.07) is -0.491. The molecule has 4 N–H and O–H groups in total. The number of aliphatic carboxylic acids is 1. The summed E-state index contributed by atoms with van der Waals surface area (Å²) in [5, 5.41) is 11.2. The second-order valence-electron chi connectivity index (χ2n) is 3.33. The van der Waals surface area contributed by atoms with Gasteiger partial charge in [0, 0.05) is 6.54 Å². The van der Waals surface area contributed by atoms with Gasteiger partial charge in [-0.05, 0) is 12.8 Å². The normalized spacial score (nSPS) is 14.5. The number of nitrogens with two attached hydrogens (primary N) is 1. The third kappa shape index (κ3) is 4.81. The van der Waals surface area contributed by atoms with Crippen LogP contribution in [-0.4, -0.2) is 29.6 Å². The molecule has 0 spiro atoms. The molecule has 0 rings (SSSR count). The molecule has 0 aliphatic heterocycles. The van der Waals surface area contributed by atoms with Crippen molar-refractivity contribution in [3.63, 3.8) is 0 Å². The van der Waals surface area contributed by atoms with Crippen LogP contribution in [0.3, 0.4) is 0 Å². The highest BCUT2D eigenvalue weighted by atomic mass is 16.4. The largest absolute Gasteiger partial charge is 0.481 e. The van der Waals surface area contributed by atoms with E-state index in [1.807, 2.05) is 6.92 Å². The zero-order valence-electron chi connectivity index (χ0n) is 8.62. The van der Waals surface area contributed by atoms with E-state index in [1.54, 1.807) is 6.92 Å². The van der Waals surface area contributed by atoms with Crippen LogP contribution < -0.4 is 11.1 Å². The van der Waals surface area contributed by atoms with Crippen molar-refractivity contribution < 1.29 is 14.7 Å². The van der Waals surface area contributed by atoms with E-state index in [9.17, 15) is 9.59 Å². The predicted octanol–water partition coefficient (Wildman–Crippen LogP) is -0.0493. The number of carbonyl (C=O) groups excluding carboxylic acids is 1. The lowest BCUT2D eigenvalue weighted by atomic mass is 10.1. The van der Waals surface area contributed by atoms with E-state index in [4.69, 9.17) is 10.8 Å². The topological polar surface area (TPSA) is 92.4 Å². The molecule has 0 aromatic rings. The standard InChI is InChI=1S/C9H18N2O3/c1-3-7(10)8(12)11-5-4-6(2)9(13)14/h6-7H,3-5,10H2,1-2H3,(H,11,12)(H,13,14). The third-order valence-electron chi connectivity index (χ3n) is 2.07. The van der Waals surface area contributed by atoms with Crippen LogP contribution in [0.25, 0.3) is 0 Å². The first-order chi connectivity index (χ1) is 6.49.